The second-order valence-corrected chi connectivity index (χ2v) is 6.95. The van der Waals surface area contributed by atoms with Crippen molar-refractivity contribution in [3.8, 4) is 0 Å². The van der Waals surface area contributed by atoms with Crippen LogP contribution in [-0.4, -0.2) is 36.7 Å². The van der Waals surface area contributed by atoms with E-state index in [1.54, 1.807) is 4.90 Å². The first-order valence-electron chi connectivity index (χ1n) is 7.99. The molecule has 1 aromatic carbocycles. The van der Waals surface area contributed by atoms with Crippen LogP contribution in [0.2, 0.25) is 0 Å². The Morgan fingerprint density at radius 3 is 2.58 bits per heavy atom. The largest absolute Gasteiger partial charge is 0.443 e. The molecule has 7 heteroatoms. The molecule has 2 aliphatic heterocycles. The summed E-state index contributed by atoms with van der Waals surface area (Å²) in [4.78, 5) is 38.8. The zero-order valence-electron chi connectivity index (χ0n) is 14.1. The molecule has 0 aromatic heterocycles. The van der Waals surface area contributed by atoms with Crippen LogP contribution in [0.3, 0.4) is 0 Å². The lowest BCUT2D eigenvalue weighted by Gasteiger charge is -2.28. The van der Waals surface area contributed by atoms with Gasteiger partial charge in [0.15, 0.2) is 0 Å². The van der Waals surface area contributed by atoms with Crippen molar-refractivity contribution in [1.82, 2.24) is 5.32 Å². The van der Waals surface area contributed by atoms with Gasteiger partial charge in [-0.15, -0.1) is 0 Å². The quantitative estimate of drug-likeness (QED) is 0.857. The smallest absolute Gasteiger partial charge is 0.414 e. The Kier molecular flexibility index (Phi) is 3.95. The number of amides is 4. The Labute approximate surface area is 140 Å². The highest BCUT2D eigenvalue weighted by Crippen LogP contribution is 2.33. The molecule has 0 atom stereocenters. The molecule has 128 valence electrons. The number of carbonyl (C=O) groups is 3. The highest BCUT2D eigenvalue weighted by Gasteiger charge is 2.31. The maximum Gasteiger partial charge on any atom is 0.414 e. The monoisotopic (exact) mass is 331 g/mol. The second-order valence-electron chi connectivity index (χ2n) is 6.95. The van der Waals surface area contributed by atoms with Gasteiger partial charge in [0, 0.05) is 25.2 Å². The van der Waals surface area contributed by atoms with E-state index < -0.39 is 17.7 Å². The fourth-order valence-electron chi connectivity index (χ4n) is 2.85. The number of urea groups is 1. The molecule has 0 unspecified atom stereocenters. The molecular weight excluding hydrogens is 310 g/mol. The first-order chi connectivity index (χ1) is 11.2. The molecule has 1 fully saturated rings. The lowest BCUT2D eigenvalue weighted by Crippen LogP contribution is -2.49. The number of imide groups is 1. The lowest BCUT2D eigenvalue weighted by atomic mass is 10.1. The summed E-state index contributed by atoms with van der Waals surface area (Å²) in [6.45, 7) is 6.36. The van der Waals surface area contributed by atoms with Crippen LogP contribution in [0.1, 0.15) is 32.8 Å². The van der Waals surface area contributed by atoms with E-state index in [9.17, 15) is 14.4 Å². The van der Waals surface area contributed by atoms with Crippen LogP contribution in [0, 0.1) is 0 Å². The van der Waals surface area contributed by atoms with E-state index in [1.165, 1.54) is 4.90 Å². The van der Waals surface area contributed by atoms with E-state index in [4.69, 9.17) is 4.74 Å². The molecule has 3 rings (SSSR count). The van der Waals surface area contributed by atoms with Crippen LogP contribution >= 0.6 is 0 Å². The van der Waals surface area contributed by atoms with Crippen LogP contribution in [0.5, 0.6) is 0 Å². The molecule has 2 aliphatic rings. The Bertz CT molecular complexity index is 708. The van der Waals surface area contributed by atoms with E-state index in [0.29, 0.717) is 18.8 Å². The predicted molar refractivity (Wildman–Crippen MR) is 89.2 cm³/mol. The van der Waals surface area contributed by atoms with Gasteiger partial charge in [-0.3, -0.25) is 19.9 Å². The number of benzene rings is 1. The standard InChI is InChI=1S/C17H21N3O4/c1-17(2,3)24-16(23)20-8-6-11-4-5-12(10-13(11)20)19-9-7-14(21)18-15(19)22/h4-5,10H,6-9H2,1-3H3,(H,18,21,22). The summed E-state index contributed by atoms with van der Waals surface area (Å²) < 4.78 is 5.45. The van der Waals surface area contributed by atoms with Crippen molar-refractivity contribution in [2.75, 3.05) is 22.9 Å². The van der Waals surface area contributed by atoms with Crippen LogP contribution in [0.15, 0.2) is 18.2 Å². The minimum Gasteiger partial charge on any atom is -0.443 e. The minimum atomic E-state index is -0.565. The molecule has 0 bridgehead atoms. The maximum atomic E-state index is 12.4. The van der Waals surface area contributed by atoms with Gasteiger partial charge in [0.25, 0.3) is 0 Å². The van der Waals surface area contributed by atoms with E-state index in [2.05, 4.69) is 5.32 Å². The zero-order valence-corrected chi connectivity index (χ0v) is 14.1. The van der Waals surface area contributed by atoms with Gasteiger partial charge in [-0.2, -0.15) is 0 Å². The summed E-state index contributed by atoms with van der Waals surface area (Å²) in [5, 5.41) is 2.30. The summed E-state index contributed by atoms with van der Waals surface area (Å²) in [5.41, 5.74) is 1.89. The topological polar surface area (TPSA) is 79.0 Å². The summed E-state index contributed by atoms with van der Waals surface area (Å²) in [5.74, 6) is -0.271. The number of nitrogens with zero attached hydrogens (tertiary/aromatic N) is 2. The number of rotatable bonds is 1. The summed E-state index contributed by atoms with van der Waals surface area (Å²) in [7, 11) is 0. The normalized spacial score (nSPS) is 17.6. The lowest BCUT2D eigenvalue weighted by molar-refractivity contribution is -0.120. The number of ether oxygens (including phenoxy) is 1. The second kappa shape index (κ2) is 5.81. The fraction of sp³-hybridized carbons (Fsp3) is 0.471. The van der Waals surface area contributed by atoms with Crippen LogP contribution in [-0.2, 0) is 16.0 Å². The molecule has 1 saturated heterocycles. The van der Waals surface area contributed by atoms with Crippen molar-refractivity contribution in [1.29, 1.82) is 0 Å². The fourth-order valence-corrected chi connectivity index (χ4v) is 2.85. The van der Waals surface area contributed by atoms with E-state index in [1.807, 2.05) is 39.0 Å². The average molecular weight is 331 g/mol. The Hall–Kier alpha value is -2.57. The molecule has 2 heterocycles. The third-order valence-corrected chi connectivity index (χ3v) is 3.94. The van der Waals surface area contributed by atoms with Gasteiger partial charge in [0.1, 0.15) is 5.60 Å². The Morgan fingerprint density at radius 1 is 1.17 bits per heavy atom. The number of anilines is 2. The number of nitrogens with one attached hydrogen (secondary N) is 1. The molecule has 7 nitrogen and oxygen atoms in total. The Morgan fingerprint density at radius 2 is 1.92 bits per heavy atom. The Balaban J connectivity index is 1.85. The van der Waals surface area contributed by atoms with Gasteiger partial charge >= 0.3 is 12.1 Å². The van der Waals surface area contributed by atoms with E-state index >= 15 is 0 Å². The van der Waals surface area contributed by atoms with Crippen LogP contribution in [0.25, 0.3) is 0 Å². The number of hydrogen-bond acceptors (Lipinski definition) is 4. The first-order valence-corrected chi connectivity index (χ1v) is 7.99. The third-order valence-electron chi connectivity index (χ3n) is 3.94. The molecule has 24 heavy (non-hydrogen) atoms. The maximum absolute atomic E-state index is 12.4. The van der Waals surface area contributed by atoms with Gasteiger partial charge in [-0.1, -0.05) is 6.07 Å². The van der Waals surface area contributed by atoms with E-state index in [-0.39, 0.29) is 12.3 Å². The molecular formula is C17H21N3O4. The molecule has 4 amide bonds. The molecule has 0 saturated carbocycles. The summed E-state index contributed by atoms with van der Waals surface area (Å²) >= 11 is 0. The van der Waals surface area contributed by atoms with Crippen molar-refractivity contribution in [3.05, 3.63) is 23.8 Å². The van der Waals surface area contributed by atoms with Crippen LogP contribution < -0.4 is 15.1 Å². The van der Waals surface area contributed by atoms with E-state index in [0.717, 1.165) is 17.7 Å². The third kappa shape index (κ3) is 3.20. The summed E-state index contributed by atoms with van der Waals surface area (Å²) in [6.07, 6.45) is 0.620. The highest BCUT2D eigenvalue weighted by molar-refractivity contribution is 6.06. The molecule has 1 N–H and O–H groups in total. The predicted octanol–water partition coefficient (Wildman–Crippen LogP) is 2.43. The molecule has 0 aliphatic carbocycles. The van der Waals surface area contributed by atoms with Gasteiger partial charge in [0.05, 0.1) is 5.69 Å². The van der Waals surface area contributed by atoms with Crippen molar-refractivity contribution in [2.24, 2.45) is 0 Å². The van der Waals surface area contributed by atoms with Gasteiger partial charge in [0.2, 0.25) is 5.91 Å². The SMILES string of the molecule is CC(C)(C)OC(=O)N1CCc2ccc(N3CCC(=O)NC3=O)cc21. The van der Waals surface area contributed by atoms with Crippen molar-refractivity contribution >= 4 is 29.4 Å². The van der Waals surface area contributed by atoms with Crippen molar-refractivity contribution < 1.29 is 19.1 Å². The van der Waals surface area contributed by atoms with Crippen LogP contribution in [0.4, 0.5) is 21.0 Å². The van der Waals surface area contributed by atoms with Gasteiger partial charge in [-0.25, -0.2) is 9.59 Å². The van der Waals surface area contributed by atoms with Gasteiger partial charge < -0.3 is 4.74 Å². The number of fused-ring (bicyclic) bond motifs is 1. The molecule has 0 spiro atoms. The number of carbonyl (C=O) groups excluding carboxylic acids is 3. The van der Waals surface area contributed by atoms with Gasteiger partial charge in [-0.05, 0) is 44.9 Å². The van der Waals surface area contributed by atoms with Crippen molar-refractivity contribution in [2.45, 2.75) is 39.2 Å². The molecule has 0 radical (unpaired) electrons. The molecule has 1 aromatic rings. The first kappa shape index (κ1) is 16.3. The highest BCUT2D eigenvalue weighted by atomic mass is 16.6. The average Bonchev–Trinajstić information content (AvgIpc) is 2.88. The van der Waals surface area contributed by atoms with Crippen molar-refractivity contribution in [3.63, 3.8) is 0 Å². The minimum absolute atomic E-state index is 0.263. The summed E-state index contributed by atoms with van der Waals surface area (Å²) in [6, 6.07) is 5.13. The number of hydrogen-bond donors (Lipinski definition) is 1. The zero-order chi connectivity index (χ0) is 17.5.